The molecule has 4 atom stereocenters. The lowest BCUT2D eigenvalue weighted by Gasteiger charge is -2.13. The summed E-state index contributed by atoms with van der Waals surface area (Å²) in [5.41, 5.74) is 0. The van der Waals surface area contributed by atoms with Crippen molar-refractivity contribution in [3.05, 3.63) is 0 Å². The SMILES string of the molecule is CC(CCCC(O)COCC1CO1)OC1CO1. The van der Waals surface area contributed by atoms with Gasteiger partial charge in [0.15, 0.2) is 6.29 Å². The van der Waals surface area contributed by atoms with Gasteiger partial charge in [-0.05, 0) is 26.2 Å². The number of hydrogen-bond acceptors (Lipinski definition) is 5. The molecule has 2 heterocycles. The third kappa shape index (κ3) is 6.33. The van der Waals surface area contributed by atoms with Crippen molar-refractivity contribution in [2.75, 3.05) is 26.4 Å². The van der Waals surface area contributed by atoms with E-state index in [1.807, 2.05) is 6.92 Å². The highest BCUT2D eigenvalue weighted by Gasteiger charge is 2.25. The molecular formula is C12H22O5. The molecule has 0 radical (unpaired) electrons. The largest absolute Gasteiger partial charge is 0.391 e. The molecule has 0 aromatic rings. The summed E-state index contributed by atoms with van der Waals surface area (Å²) in [7, 11) is 0. The minimum Gasteiger partial charge on any atom is -0.391 e. The monoisotopic (exact) mass is 246 g/mol. The summed E-state index contributed by atoms with van der Waals surface area (Å²) in [4.78, 5) is 0. The fourth-order valence-corrected chi connectivity index (χ4v) is 1.67. The molecule has 1 N–H and O–H groups in total. The highest BCUT2D eigenvalue weighted by Crippen LogP contribution is 2.16. The van der Waals surface area contributed by atoms with Crippen molar-refractivity contribution in [3.8, 4) is 0 Å². The van der Waals surface area contributed by atoms with Crippen molar-refractivity contribution in [1.82, 2.24) is 0 Å². The molecule has 4 unspecified atom stereocenters. The fourth-order valence-electron chi connectivity index (χ4n) is 1.67. The lowest BCUT2D eigenvalue weighted by atomic mass is 10.1. The van der Waals surface area contributed by atoms with E-state index in [0.29, 0.717) is 13.2 Å². The first-order valence-corrected chi connectivity index (χ1v) is 6.38. The van der Waals surface area contributed by atoms with Gasteiger partial charge in [-0.25, -0.2) is 0 Å². The van der Waals surface area contributed by atoms with Crippen molar-refractivity contribution in [2.45, 2.75) is 50.8 Å². The molecule has 2 saturated heterocycles. The Balaban J connectivity index is 1.39. The third-order valence-electron chi connectivity index (χ3n) is 2.85. The van der Waals surface area contributed by atoms with E-state index in [4.69, 9.17) is 18.9 Å². The van der Waals surface area contributed by atoms with Crippen LogP contribution in [-0.2, 0) is 18.9 Å². The Morgan fingerprint density at radius 3 is 2.71 bits per heavy atom. The van der Waals surface area contributed by atoms with Crippen molar-refractivity contribution in [1.29, 1.82) is 0 Å². The van der Waals surface area contributed by atoms with Crippen LogP contribution >= 0.6 is 0 Å². The van der Waals surface area contributed by atoms with Crippen LogP contribution in [0.1, 0.15) is 26.2 Å². The van der Waals surface area contributed by atoms with Gasteiger partial charge in [0.2, 0.25) is 0 Å². The zero-order chi connectivity index (χ0) is 12.1. The van der Waals surface area contributed by atoms with Crippen LogP contribution in [0.25, 0.3) is 0 Å². The number of aliphatic hydroxyl groups is 1. The van der Waals surface area contributed by atoms with Crippen molar-refractivity contribution in [2.24, 2.45) is 0 Å². The van der Waals surface area contributed by atoms with Gasteiger partial charge in [-0.15, -0.1) is 0 Å². The second kappa shape index (κ2) is 6.66. The zero-order valence-electron chi connectivity index (χ0n) is 10.3. The molecule has 0 spiro atoms. The maximum absolute atomic E-state index is 9.66. The molecule has 2 aliphatic rings. The minimum absolute atomic E-state index is 0.0248. The van der Waals surface area contributed by atoms with Crippen LogP contribution in [-0.4, -0.2) is 56.1 Å². The zero-order valence-corrected chi connectivity index (χ0v) is 10.3. The Kier molecular flexibility index (Phi) is 5.18. The summed E-state index contributed by atoms with van der Waals surface area (Å²) in [5, 5.41) is 9.66. The highest BCUT2D eigenvalue weighted by atomic mass is 16.8. The van der Waals surface area contributed by atoms with E-state index in [1.165, 1.54) is 0 Å². The number of aliphatic hydroxyl groups excluding tert-OH is 1. The predicted octanol–water partition coefficient (Wildman–Crippen LogP) is 0.694. The molecule has 0 bridgehead atoms. The topological polar surface area (TPSA) is 63.8 Å². The summed E-state index contributed by atoms with van der Waals surface area (Å²) >= 11 is 0. The minimum atomic E-state index is -0.377. The van der Waals surface area contributed by atoms with Crippen LogP contribution in [0.15, 0.2) is 0 Å². The first kappa shape index (κ1) is 13.2. The van der Waals surface area contributed by atoms with Crippen molar-refractivity contribution in [3.63, 3.8) is 0 Å². The average molecular weight is 246 g/mol. The maximum Gasteiger partial charge on any atom is 0.181 e. The van der Waals surface area contributed by atoms with Gasteiger partial charge in [0.05, 0.1) is 32.0 Å². The number of hydrogen-bond donors (Lipinski definition) is 1. The predicted molar refractivity (Wildman–Crippen MR) is 60.7 cm³/mol. The van der Waals surface area contributed by atoms with Gasteiger partial charge >= 0.3 is 0 Å². The van der Waals surface area contributed by atoms with E-state index < -0.39 is 0 Å². The molecule has 0 saturated carbocycles. The van der Waals surface area contributed by atoms with Gasteiger partial charge in [-0.3, -0.25) is 0 Å². The van der Waals surface area contributed by atoms with Crippen LogP contribution < -0.4 is 0 Å². The fraction of sp³-hybridized carbons (Fsp3) is 1.00. The van der Waals surface area contributed by atoms with Gasteiger partial charge in [-0.2, -0.15) is 0 Å². The maximum atomic E-state index is 9.66. The quantitative estimate of drug-likeness (QED) is 0.575. The van der Waals surface area contributed by atoms with Gasteiger partial charge in [0.1, 0.15) is 12.7 Å². The van der Waals surface area contributed by atoms with Gasteiger partial charge in [0, 0.05) is 0 Å². The van der Waals surface area contributed by atoms with Crippen LogP contribution in [0.3, 0.4) is 0 Å². The number of ether oxygens (including phenoxy) is 4. The first-order valence-electron chi connectivity index (χ1n) is 6.38. The Labute approximate surface area is 102 Å². The molecule has 5 heteroatoms. The molecular weight excluding hydrogens is 224 g/mol. The van der Waals surface area contributed by atoms with E-state index in [9.17, 15) is 5.11 Å². The van der Waals surface area contributed by atoms with Crippen LogP contribution in [0, 0.1) is 0 Å². The highest BCUT2D eigenvalue weighted by molar-refractivity contribution is 4.68. The molecule has 2 fully saturated rings. The van der Waals surface area contributed by atoms with E-state index in [-0.39, 0.29) is 24.6 Å². The molecule has 17 heavy (non-hydrogen) atoms. The second-order valence-corrected chi connectivity index (χ2v) is 4.79. The average Bonchev–Trinajstić information content (AvgIpc) is 3.11. The molecule has 5 nitrogen and oxygen atoms in total. The second-order valence-electron chi connectivity index (χ2n) is 4.79. The molecule has 0 aliphatic carbocycles. The van der Waals surface area contributed by atoms with E-state index in [1.54, 1.807) is 0 Å². The Morgan fingerprint density at radius 1 is 1.29 bits per heavy atom. The Hall–Kier alpha value is -0.200. The number of epoxide rings is 2. The standard InChI is InChI=1S/C12H22O5/c1-9(17-12-8-16-12)3-2-4-10(13)5-14-6-11-7-15-11/h9-13H,2-8H2,1H3. The van der Waals surface area contributed by atoms with Gasteiger partial charge in [0.25, 0.3) is 0 Å². The summed E-state index contributed by atoms with van der Waals surface area (Å²) in [6, 6.07) is 0. The molecule has 0 aromatic heterocycles. The molecule has 100 valence electrons. The lowest BCUT2D eigenvalue weighted by Crippen LogP contribution is -2.18. The normalized spacial score (nSPS) is 30.0. The molecule has 0 aromatic carbocycles. The van der Waals surface area contributed by atoms with Crippen molar-refractivity contribution < 1.29 is 24.1 Å². The van der Waals surface area contributed by atoms with Crippen LogP contribution in [0.2, 0.25) is 0 Å². The Morgan fingerprint density at radius 2 is 2.06 bits per heavy atom. The first-order chi connectivity index (χ1) is 8.24. The summed E-state index contributed by atoms with van der Waals surface area (Å²) in [6.07, 6.45) is 2.77. The van der Waals surface area contributed by atoms with Crippen LogP contribution in [0.5, 0.6) is 0 Å². The summed E-state index contributed by atoms with van der Waals surface area (Å²) < 4.78 is 20.8. The molecule has 0 amide bonds. The van der Waals surface area contributed by atoms with Gasteiger partial charge < -0.3 is 24.1 Å². The van der Waals surface area contributed by atoms with Gasteiger partial charge in [-0.1, -0.05) is 0 Å². The van der Waals surface area contributed by atoms with E-state index in [2.05, 4.69) is 0 Å². The van der Waals surface area contributed by atoms with Crippen molar-refractivity contribution >= 4 is 0 Å². The molecule has 2 aliphatic heterocycles. The smallest absolute Gasteiger partial charge is 0.181 e. The lowest BCUT2D eigenvalue weighted by molar-refractivity contribution is -0.0108. The number of rotatable bonds is 10. The van der Waals surface area contributed by atoms with E-state index >= 15 is 0 Å². The third-order valence-corrected chi connectivity index (χ3v) is 2.85. The Bertz CT molecular complexity index is 215. The molecule has 2 rings (SSSR count). The summed E-state index contributed by atoms with van der Waals surface area (Å²) in [5.74, 6) is 0. The summed E-state index contributed by atoms with van der Waals surface area (Å²) in [6.45, 7) is 4.57. The van der Waals surface area contributed by atoms with Crippen LogP contribution in [0.4, 0.5) is 0 Å². The van der Waals surface area contributed by atoms with E-state index in [0.717, 1.165) is 32.5 Å².